The molecule has 20 heavy (non-hydrogen) atoms. The van der Waals surface area contributed by atoms with Gasteiger partial charge in [0.1, 0.15) is 0 Å². The molecule has 0 unspecified atom stereocenters. The van der Waals surface area contributed by atoms with E-state index in [1.54, 1.807) is 6.07 Å². The van der Waals surface area contributed by atoms with Gasteiger partial charge in [-0.3, -0.25) is 4.79 Å². The van der Waals surface area contributed by atoms with Gasteiger partial charge in [0.25, 0.3) is 5.91 Å². The molecule has 2 rings (SSSR count). The molecule has 106 valence electrons. The fourth-order valence-electron chi connectivity index (χ4n) is 2.01. The predicted octanol–water partition coefficient (Wildman–Crippen LogP) is 3.69. The highest BCUT2D eigenvalue weighted by Crippen LogP contribution is 2.25. The third-order valence-electron chi connectivity index (χ3n) is 3.25. The molecule has 0 aliphatic heterocycles. The van der Waals surface area contributed by atoms with Gasteiger partial charge in [0.2, 0.25) is 0 Å². The van der Waals surface area contributed by atoms with Gasteiger partial charge in [-0.2, -0.15) is 0 Å². The molecule has 0 spiro atoms. The maximum atomic E-state index is 12.6. The molecular formula is C16H20N2OS. The summed E-state index contributed by atoms with van der Waals surface area (Å²) in [5.74, 6) is 0.0497. The van der Waals surface area contributed by atoms with E-state index in [1.807, 2.05) is 56.0 Å². The smallest absolute Gasteiger partial charge is 0.264 e. The van der Waals surface area contributed by atoms with E-state index < -0.39 is 0 Å². The van der Waals surface area contributed by atoms with E-state index in [2.05, 4.69) is 0 Å². The quantitative estimate of drug-likeness (QED) is 0.932. The number of carbonyl (C=O) groups is 1. The molecular weight excluding hydrogens is 268 g/mol. The second-order valence-corrected chi connectivity index (χ2v) is 6.39. The molecule has 1 amide bonds. The number of carbonyl (C=O) groups excluding carboxylic acids is 1. The van der Waals surface area contributed by atoms with E-state index >= 15 is 0 Å². The molecule has 0 fully saturated rings. The molecule has 0 radical (unpaired) electrons. The zero-order valence-corrected chi connectivity index (χ0v) is 12.9. The lowest BCUT2D eigenvalue weighted by Gasteiger charge is -2.26. The van der Waals surface area contributed by atoms with Crippen LogP contribution >= 0.6 is 11.3 Å². The Morgan fingerprint density at radius 2 is 1.95 bits per heavy atom. The highest BCUT2D eigenvalue weighted by molar-refractivity contribution is 7.14. The van der Waals surface area contributed by atoms with Crippen LogP contribution in [-0.4, -0.2) is 16.8 Å². The van der Waals surface area contributed by atoms with Crippen molar-refractivity contribution in [2.75, 3.05) is 5.73 Å². The average Bonchev–Trinajstić information content (AvgIpc) is 2.76. The third-order valence-corrected chi connectivity index (χ3v) is 4.30. The van der Waals surface area contributed by atoms with Crippen LogP contribution in [0.25, 0.3) is 0 Å². The first-order chi connectivity index (χ1) is 9.49. The Labute approximate surface area is 124 Å². The van der Waals surface area contributed by atoms with Gasteiger partial charge in [-0.15, -0.1) is 11.3 Å². The Morgan fingerprint density at radius 3 is 2.45 bits per heavy atom. The number of rotatable bonds is 4. The number of hydrogen-bond acceptors (Lipinski definition) is 3. The monoisotopic (exact) mass is 288 g/mol. The molecule has 3 nitrogen and oxygen atoms in total. The van der Waals surface area contributed by atoms with E-state index in [0.717, 1.165) is 10.4 Å². The Morgan fingerprint density at radius 1 is 1.30 bits per heavy atom. The fraction of sp³-hybridized carbons (Fsp3) is 0.312. The number of aryl methyl sites for hydroxylation is 1. The van der Waals surface area contributed by atoms with Crippen LogP contribution in [0.3, 0.4) is 0 Å². The van der Waals surface area contributed by atoms with E-state index in [1.165, 1.54) is 11.3 Å². The molecule has 4 heteroatoms. The van der Waals surface area contributed by atoms with Crippen LogP contribution in [0.2, 0.25) is 0 Å². The maximum Gasteiger partial charge on any atom is 0.264 e. The van der Waals surface area contributed by atoms with Crippen molar-refractivity contribution in [3.05, 3.63) is 51.7 Å². The van der Waals surface area contributed by atoms with Crippen molar-refractivity contribution in [1.82, 2.24) is 4.90 Å². The van der Waals surface area contributed by atoms with Crippen LogP contribution < -0.4 is 5.73 Å². The summed E-state index contributed by atoms with van der Waals surface area (Å²) in [5, 5.41) is 0. The minimum Gasteiger partial charge on any atom is -0.398 e. The van der Waals surface area contributed by atoms with Gasteiger partial charge in [0.05, 0.1) is 4.88 Å². The minimum absolute atomic E-state index is 0.0497. The first-order valence-electron chi connectivity index (χ1n) is 6.70. The van der Waals surface area contributed by atoms with Crippen LogP contribution in [-0.2, 0) is 6.54 Å². The Bertz CT molecular complexity index is 570. The molecule has 1 heterocycles. The van der Waals surface area contributed by atoms with E-state index in [-0.39, 0.29) is 11.9 Å². The molecule has 0 aliphatic carbocycles. The van der Waals surface area contributed by atoms with Gasteiger partial charge < -0.3 is 10.6 Å². The topological polar surface area (TPSA) is 46.3 Å². The van der Waals surface area contributed by atoms with Crippen molar-refractivity contribution in [3.63, 3.8) is 0 Å². The van der Waals surface area contributed by atoms with Crippen LogP contribution in [0.1, 0.15) is 34.0 Å². The number of nitrogen functional groups attached to an aromatic ring is 1. The zero-order valence-electron chi connectivity index (χ0n) is 12.1. The van der Waals surface area contributed by atoms with Crippen LogP contribution in [0, 0.1) is 6.92 Å². The Hall–Kier alpha value is -1.81. The second-order valence-electron chi connectivity index (χ2n) is 5.13. The summed E-state index contributed by atoms with van der Waals surface area (Å²) in [5.41, 5.74) is 7.68. The zero-order chi connectivity index (χ0) is 14.7. The first kappa shape index (κ1) is 14.6. The largest absolute Gasteiger partial charge is 0.398 e. The van der Waals surface area contributed by atoms with Crippen LogP contribution in [0.15, 0.2) is 36.4 Å². The summed E-state index contributed by atoms with van der Waals surface area (Å²) < 4.78 is 0. The molecule has 0 aliphatic rings. The van der Waals surface area contributed by atoms with Crippen molar-refractivity contribution < 1.29 is 4.79 Å². The number of benzene rings is 1. The summed E-state index contributed by atoms with van der Waals surface area (Å²) in [6, 6.07) is 12.0. The van der Waals surface area contributed by atoms with Crippen molar-refractivity contribution in [1.29, 1.82) is 0 Å². The summed E-state index contributed by atoms with van der Waals surface area (Å²) in [6.07, 6.45) is 0. The minimum atomic E-state index is 0.0497. The van der Waals surface area contributed by atoms with E-state index in [4.69, 9.17) is 5.73 Å². The molecule has 0 atom stereocenters. The van der Waals surface area contributed by atoms with E-state index in [0.29, 0.717) is 17.1 Å². The summed E-state index contributed by atoms with van der Waals surface area (Å²) >= 11 is 1.46. The summed E-state index contributed by atoms with van der Waals surface area (Å²) in [4.78, 5) is 16.2. The lowest BCUT2D eigenvalue weighted by molar-refractivity contribution is 0.0695. The normalized spacial score (nSPS) is 10.8. The fourth-order valence-corrected chi connectivity index (χ4v) is 2.91. The van der Waals surface area contributed by atoms with E-state index in [9.17, 15) is 4.79 Å². The number of nitrogens with zero attached hydrogens (tertiary/aromatic N) is 1. The number of thiophene rings is 1. The first-order valence-corrected chi connectivity index (χ1v) is 7.51. The molecule has 2 N–H and O–H groups in total. The predicted molar refractivity (Wildman–Crippen MR) is 84.9 cm³/mol. The number of anilines is 1. The van der Waals surface area contributed by atoms with Gasteiger partial charge >= 0.3 is 0 Å². The number of hydrogen-bond donors (Lipinski definition) is 1. The van der Waals surface area contributed by atoms with Gasteiger partial charge in [0.15, 0.2) is 0 Å². The summed E-state index contributed by atoms with van der Waals surface area (Å²) in [7, 11) is 0. The average molecular weight is 288 g/mol. The summed E-state index contributed by atoms with van der Waals surface area (Å²) in [6.45, 7) is 6.62. The Balaban J connectivity index is 2.22. The molecule has 1 aromatic heterocycles. The van der Waals surface area contributed by atoms with Gasteiger partial charge in [-0.05, 0) is 32.4 Å². The molecule has 1 aromatic carbocycles. The van der Waals surface area contributed by atoms with Crippen molar-refractivity contribution in [3.8, 4) is 0 Å². The van der Waals surface area contributed by atoms with Crippen LogP contribution in [0.4, 0.5) is 5.69 Å². The van der Waals surface area contributed by atoms with Gasteiger partial charge in [-0.25, -0.2) is 0 Å². The molecule has 0 saturated heterocycles. The highest BCUT2D eigenvalue weighted by Gasteiger charge is 2.21. The van der Waals surface area contributed by atoms with Gasteiger partial charge in [-0.1, -0.05) is 30.3 Å². The molecule has 0 bridgehead atoms. The number of nitrogens with two attached hydrogens (primary N) is 1. The van der Waals surface area contributed by atoms with Crippen LogP contribution in [0.5, 0.6) is 0 Å². The second kappa shape index (κ2) is 6.09. The van der Waals surface area contributed by atoms with Crippen molar-refractivity contribution >= 4 is 22.9 Å². The lowest BCUT2D eigenvalue weighted by Crippen LogP contribution is -2.35. The highest BCUT2D eigenvalue weighted by atomic mass is 32.1. The Kier molecular flexibility index (Phi) is 4.45. The maximum absolute atomic E-state index is 12.6. The molecule has 0 saturated carbocycles. The van der Waals surface area contributed by atoms with Crippen molar-refractivity contribution in [2.24, 2.45) is 0 Å². The molecule has 2 aromatic rings. The van der Waals surface area contributed by atoms with Crippen molar-refractivity contribution in [2.45, 2.75) is 33.4 Å². The number of amides is 1. The lowest BCUT2D eigenvalue weighted by atomic mass is 10.2. The third kappa shape index (κ3) is 3.20. The SMILES string of the molecule is Cc1sc(C(=O)N(Cc2ccccc2)C(C)C)cc1N. The standard InChI is InChI=1S/C16H20N2OS/c1-11(2)18(10-13-7-5-4-6-8-13)16(19)15-9-14(17)12(3)20-15/h4-9,11H,10,17H2,1-3H3. The van der Waals surface area contributed by atoms with Gasteiger partial charge in [0, 0.05) is 23.2 Å².